The third-order valence-electron chi connectivity index (χ3n) is 8.59. The van der Waals surface area contributed by atoms with Crippen LogP contribution in [0.3, 0.4) is 0 Å². The first-order chi connectivity index (χ1) is 21.3. The normalized spacial score (nSPS) is 12.2. The largest absolute Gasteiger partial charge is 0.291 e. The van der Waals surface area contributed by atoms with Gasteiger partial charge in [0.15, 0.2) is 5.65 Å². The molecule has 0 N–H and O–H groups in total. The van der Waals surface area contributed by atoms with Gasteiger partial charge in [0.2, 0.25) is 5.95 Å². The smallest absolute Gasteiger partial charge is 0.236 e. The first-order valence-corrected chi connectivity index (χ1v) is 15.1. The summed E-state index contributed by atoms with van der Waals surface area (Å²) in [6.07, 6.45) is 1.87. The van der Waals surface area contributed by atoms with Gasteiger partial charge in [-0.25, -0.2) is 15.0 Å². The molecular formula is C37H21N5S. The summed E-state index contributed by atoms with van der Waals surface area (Å²) in [5.41, 5.74) is 7.13. The average Bonchev–Trinajstić information content (AvgIpc) is 3.57. The van der Waals surface area contributed by atoms with Crippen LogP contribution in [0.4, 0.5) is 0 Å². The lowest BCUT2D eigenvalue weighted by Gasteiger charge is -2.13. The highest BCUT2D eigenvalue weighted by Gasteiger charge is 2.22. The van der Waals surface area contributed by atoms with Crippen molar-refractivity contribution in [3.8, 4) is 17.2 Å². The summed E-state index contributed by atoms with van der Waals surface area (Å²) in [6, 6.07) is 42.7. The van der Waals surface area contributed by atoms with Crippen LogP contribution < -0.4 is 0 Å². The SMILES string of the molecule is c1ccc(-c2nc(-n3c4cccc5ccc6c7ccccc7n(c7ncccc73)c6c54)nc3sc4ccccc4c23)cc1. The molecule has 0 atom stereocenters. The maximum absolute atomic E-state index is 5.40. The Morgan fingerprint density at radius 2 is 1.35 bits per heavy atom. The van der Waals surface area contributed by atoms with Crippen LogP contribution in [0.25, 0.3) is 86.8 Å². The molecule has 0 fully saturated rings. The molecule has 6 heteroatoms. The molecule has 0 radical (unpaired) electrons. The van der Waals surface area contributed by atoms with Crippen molar-refractivity contribution in [3.63, 3.8) is 0 Å². The third-order valence-corrected chi connectivity index (χ3v) is 9.65. The molecule has 0 aliphatic carbocycles. The van der Waals surface area contributed by atoms with Gasteiger partial charge in [0.1, 0.15) is 4.83 Å². The van der Waals surface area contributed by atoms with E-state index in [1.807, 2.05) is 18.3 Å². The highest BCUT2D eigenvalue weighted by molar-refractivity contribution is 7.25. The fraction of sp³-hybridized carbons (Fsp3) is 0. The predicted octanol–water partition coefficient (Wildman–Crippen LogP) is 9.56. The van der Waals surface area contributed by atoms with E-state index >= 15 is 0 Å². The number of thiophene rings is 1. The van der Waals surface area contributed by atoms with Crippen molar-refractivity contribution < 1.29 is 0 Å². The van der Waals surface area contributed by atoms with Gasteiger partial charge in [-0.2, -0.15) is 0 Å². The Morgan fingerprint density at radius 3 is 2.28 bits per heavy atom. The molecule has 5 nitrogen and oxygen atoms in total. The zero-order valence-electron chi connectivity index (χ0n) is 22.8. The Morgan fingerprint density at radius 1 is 0.558 bits per heavy atom. The Hall–Kier alpha value is -5.59. The summed E-state index contributed by atoms with van der Waals surface area (Å²) in [4.78, 5) is 16.7. The first-order valence-electron chi connectivity index (χ1n) is 14.3. The van der Waals surface area contributed by atoms with Gasteiger partial charge < -0.3 is 0 Å². The summed E-state index contributed by atoms with van der Waals surface area (Å²) in [6.45, 7) is 0. The number of hydrogen-bond donors (Lipinski definition) is 0. The van der Waals surface area contributed by atoms with Crippen LogP contribution in [0, 0.1) is 0 Å². The van der Waals surface area contributed by atoms with Gasteiger partial charge in [0, 0.05) is 43.4 Å². The molecule has 0 aliphatic rings. The van der Waals surface area contributed by atoms with E-state index in [9.17, 15) is 0 Å². The molecule has 0 unspecified atom stereocenters. The van der Waals surface area contributed by atoms with E-state index in [0.717, 1.165) is 60.0 Å². The van der Waals surface area contributed by atoms with Crippen LogP contribution >= 0.6 is 11.3 Å². The van der Waals surface area contributed by atoms with Gasteiger partial charge in [-0.15, -0.1) is 11.3 Å². The van der Waals surface area contributed by atoms with Gasteiger partial charge in [-0.05, 0) is 35.7 Å². The van der Waals surface area contributed by atoms with Crippen molar-refractivity contribution in [2.75, 3.05) is 0 Å². The van der Waals surface area contributed by atoms with Gasteiger partial charge >= 0.3 is 0 Å². The number of nitrogens with zero attached hydrogens (tertiary/aromatic N) is 5. The second-order valence-electron chi connectivity index (χ2n) is 10.9. The lowest BCUT2D eigenvalue weighted by molar-refractivity contribution is 1.01. The second kappa shape index (κ2) is 8.47. The highest BCUT2D eigenvalue weighted by atomic mass is 32.1. The predicted molar refractivity (Wildman–Crippen MR) is 178 cm³/mol. The van der Waals surface area contributed by atoms with E-state index in [1.165, 1.54) is 20.9 Å². The lowest BCUT2D eigenvalue weighted by atomic mass is 10.0. The summed E-state index contributed by atoms with van der Waals surface area (Å²) < 4.78 is 5.73. The summed E-state index contributed by atoms with van der Waals surface area (Å²) in [5, 5.41) is 7.02. The Bertz CT molecular complexity index is 2720. The minimum atomic E-state index is 0.631. The molecule has 5 heterocycles. The topological polar surface area (TPSA) is 48.0 Å². The Balaban J connectivity index is 1.47. The minimum Gasteiger partial charge on any atom is -0.291 e. The van der Waals surface area contributed by atoms with Crippen LogP contribution in [0.15, 0.2) is 128 Å². The van der Waals surface area contributed by atoms with Crippen molar-refractivity contribution in [1.29, 1.82) is 0 Å². The number of pyridine rings is 1. The van der Waals surface area contributed by atoms with Crippen LogP contribution in [-0.4, -0.2) is 23.9 Å². The van der Waals surface area contributed by atoms with Crippen molar-refractivity contribution in [2.45, 2.75) is 0 Å². The summed E-state index contributed by atoms with van der Waals surface area (Å²) >= 11 is 1.71. The maximum atomic E-state index is 5.40. The van der Waals surface area contributed by atoms with E-state index in [4.69, 9.17) is 15.0 Å². The zero-order chi connectivity index (χ0) is 28.1. The number of fused-ring (bicyclic) bond motifs is 8. The molecule has 0 saturated heterocycles. The molecule has 5 aromatic heterocycles. The van der Waals surface area contributed by atoms with Crippen LogP contribution in [0.5, 0.6) is 0 Å². The lowest BCUT2D eigenvalue weighted by Crippen LogP contribution is -2.05. The molecule has 0 saturated carbocycles. The molecular weight excluding hydrogens is 547 g/mol. The molecule has 0 aliphatic heterocycles. The summed E-state index contributed by atoms with van der Waals surface area (Å²) in [5.74, 6) is 0.631. The number of hydrogen-bond acceptors (Lipinski definition) is 4. The van der Waals surface area contributed by atoms with E-state index in [2.05, 4.69) is 118 Å². The molecule has 200 valence electrons. The molecule has 5 aromatic carbocycles. The third kappa shape index (κ3) is 3.07. The molecule has 10 rings (SSSR count). The Labute approximate surface area is 248 Å². The van der Waals surface area contributed by atoms with Crippen molar-refractivity contribution >= 4 is 80.9 Å². The van der Waals surface area contributed by atoms with Crippen LogP contribution in [0.1, 0.15) is 0 Å². The number of benzene rings is 5. The number of para-hydroxylation sites is 1. The fourth-order valence-electron chi connectivity index (χ4n) is 6.81. The van der Waals surface area contributed by atoms with E-state index in [1.54, 1.807) is 11.3 Å². The standard InChI is InChI=1S/C37H21N5S/c1-2-10-23(11-3-1)33-32-26-14-5-7-18-30(26)43-36(32)40-37(39-33)41-28-16-8-12-22-19-20-25-24-13-4-6-15-27(24)42(34(25)31(22)28)35-29(41)17-9-21-38-35/h1-21H. The van der Waals surface area contributed by atoms with E-state index in [-0.39, 0.29) is 0 Å². The van der Waals surface area contributed by atoms with E-state index in [0.29, 0.717) is 5.95 Å². The van der Waals surface area contributed by atoms with Gasteiger partial charge in [0.25, 0.3) is 0 Å². The monoisotopic (exact) mass is 567 g/mol. The quantitative estimate of drug-likeness (QED) is 0.209. The number of aromatic nitrogens is 5. The van der Waals surface area contributed by atoms with Crippen molar-refractivity contribution in [1.82, 2.24) is 23.9 Å². The van der Waals surface area contributed by atoms with E-state index < -0.39 is 0 Å². The molecule has 0 amide bonds. The van der Waals surface area contributed by atoms with Gasteiger partial charge in [-0.1, -0.05) is 91.0 Å². The Kier molecular flexibility index (Phi) is 4.54. The fourth-order valence-corrected chi connectivity index (χ4v) is 7.88. The van der Waals surface area contributed by atoms with Crippen molar-refractivity contribution in [2.24, 2.45) is 0 Å². The molecule has 0 bridgehead atoms. The highest BCUT2D eigenvalue weighted by Crippen LogP contribution is 2.41. The summed E-state index contributed by atoms with van der Waals surface area (Å²) in [7, 11) is 0. The second-order valence-corrected chi connectivity index (χ2v) is 11.9. The first kappa shape index (κ1) is 23.0. The van der Waals surface area contributed by atoms with Crippen LogP contribution in [0.2, 0.25) is 0 Å². The number of rotatable bonds is 2. The van der Waals surface area contributed by atoms with Gasteiger partial charge in [-0.3, -0.25) is 8.97 Å². The maximum Gasteiger partial charge on any atom is 0.236 e. The molecule has 10 aromatic rings. The van der Waals surface area contributed by atoms with Crippen molar-refractivity contribution in [3.05, 3.63) is 128 Å². The van der Waals surface area contributed by atoms with Crippen LogP contribution in [-0.2, 0) is 0 Å². The molecule has 43 heavy (non-hydrogen) atoms. The average molecular weight is 568 g/mol. The molecule has 0 spiro atoms. The minimum absolute atomic E-state index is 0.631. The zero-order valence-corrected chi connectivity index (χ0v) is 23.6. The van der Waals surface area contributed by atoms with Gasteiger partial charge in [0.05, 0.1) is 27.8 Å².